The fraction of sp³-hybridized carbons (Fsp3) is 0.250. The van der Waals surface area contributed by atoms with E-state index in [1.807, 2.05) is 6.07 Å². The van der Waals surface area contributed by atoms with E-state index >= 15 is 0 Å². The Bertz CT molecular complexity index is 550. The molecule has 0 bridgehead atoms. The van der Waals surface area contributed by atoms with E-state index in [9.17, 15) is 10.2 Å². The van der Waals surface area contributed by atoms with Gasteiger partial charge in [0.2, 0.25) is 0 Å². The molecular weight excluding hydrogens is 238 g/mol. The zero-order valence-electron chi connectivity index (χ0n) is 10.7. The van der Waals surface area contributed by atoms with Gasteiger partial charge in [-0.05, 0) is 35.2 Å². The number of benzene rings is 2. The summed E-state index contributed by atoms with van der Waals surface area (Å²) in [5.41, 5.74) is 3.57. The number of rotatable bonds is 3. The Balaban J connectivity index is 1.64. The van der Waals surface area contributed by atoms with E-state index in [-0.39, 0.29) is 11.5 Å². The van der Waals surface area contributed by atoms with Crippen LogP contribution in [0.25, 0.3) is 0 Å². The second-order valence-electron chi connectivity index (χ2n) is 5.06. The number of aromatic hydroxyl groups is 2. The Morgan fingerprint density at radius 1 is 0.895 bits per heavy atom. The second-order valence-corrected chi connectivity index (χ2v) is 5.06. The van der Waals surface area contributed by atoms with Crippen molar-refractivity contribution in [3.05, 3.63) is 59.2 Å². The monoisotopic (exact) mass is 255 g/mol. The summed E-state index contributed by atoms with van der Waals surface area (Å²) in [6, 6.07) is 13.8. The first-order valence-corrected chi connectivity index (χ1v) is 6.52. The van der Waals surface area contributed by atoms with Gasteiger partial charge in [0, 0.05) is 19.6 Å². The molecule has 1 aliphatic rings. The van der Waals surface area contributed by atoms with Crippen LogP contribution in [0.2, 0.25) is 0 Å². The molecule has 3 rings (SSSR count). The molecular formula is C16H17NO2. The van der Waals surface area contributed by atoms with Gasteiger partial charge in [0.25, 0.3) is 0 Å². The van der Waals surface area contributed by atoms with Gasteiger partial charge >= 0.3 is 0 Å². The highest BCUT2D eigenvalue weighted by Crippen LogP contribution is 2.33. The van der Waals surface area contributed by atoms with Crippen molar-refractivity contribution < 1.29 is 10.2 Å². The smallest absolute Gasteiger partial charge is 0.157 e. The van der Waals surface area contributed by atoms with Crippen molar-refractivity contribution in [2.45, 2.75) is 19.5 Å². The molecule has 0 fully saturated rings. The highest BCUT2D eigenvalue weighted by molar-refractivity contribution is 5.46. The Labute approximate surface area is 112 Å². The van der Waals surface area contributed by atoms with Gasteiger partial charge in [-0.25, -0.2) is 0 Å². The third kappa shape index (κ3) is 2.56. The summed E-state index contributed by atoms with van der Waals surface area (Å²) >= 11 is 0. The zero-order chi connectivity index (χ0) is 13.2. The Hall–Kier alpha value is -2.00. The Kier molecular flexibility index (Phi) is 3.13. The van der Waals surface area contributed by atoms with Crippen molar-refractivity contribution in [3.63, 3.8) is 0 Å². The van der Waals surface area contributed by atoms with E-state index < -0.39 is 0 Å². The molecule has 0 unspecified atom stereocenters. The maximum absolute atomic E-state index is 9.51. The molecule has 2 aromatic rings. The molecule has 0 spiro atoms. The lowest BCUT2D eigenvalue weighted by molar-refractivity contribution is 0.288. The van der Waals surface area contributed by atoms with E-state index in [4.69, 9.17) is 0 Å². The van der Waals surface area contributed by atoms with Gasteiger partial charge < -0.3 is 10.2 Å². The van der Waals surface area contributed by atoms with Gasteiger partial charge in [-0.1, -0.05) is 30.3 Å². The third-order valence-electron chi connectivity index (χ3n) is 3.64. The van der Waals surface area contributed by atoms with Crippen LogP contribution in [0.4, 0.5) is 0 Å². The summed E-state index contributed by atoms with van der Waals surface area (Å²) in [5.74, 6) is -0.0488. The molecule has 1 aliphatic heterocycles. The molecule has 98 valence electrons. The summed E-state index contributed by atoms with van der Waals surface area (Å²) in [4.78, 5) is 2.33. The van der Waals surface area contributed by atoms with Crippen LogP contribution in [0.5, 0.6) is 11.5 Å². The first-order valence-electron chi connectivity index (χ1n) is 6.52. The number of hydrogen-bond acceptors (Lipinski definition) is 3. The van der Waals surface area contributed by atoms with Crippen LogP contribution in [-0.2, 0) is 19.5 Å². The Morgan fingerprint density at radius 3 is 2.05 bits per heavy atom. The lowest BCUT2D eigenvalue weighted by atomic mass is 10.1. The predicted octanol–water partition coefficient (Wildman–Crippen LogP) is 2.66. The van der Waals surface area contributed by atoms with Gasteiger partial charge in [0.15, 0.2) is 11.5 Å². The quantitative estimate of drug-likeness (QED) is 0.829. The van der Waals surface area contributed by atoms with Crippen molar-refractivity contribution in [3.8, 4) is 11.5 Å². The third-order valence-corrected chi connectivity index (χ3v) is 3.64. The molecule has 19 heavy (non-hydrogen) atoms. The number of fused-ring (bicyclic) bond motifs is 1. The highest BCUT2D eigenvalue weighted by Gasteiger charge is 2.20. The standard InChI is InChI=1S/C16H17NO2/c18-15-8-13-10-17(11-14(13)9-16(15)19)7-6-12-4-2-1-3-5-12/h1-5,8-9,18-19H,6-7,10-11H2. The van der Waals surface area contributed by atoms with Gasteiger partial charge in [0.05, 0.1) is 0 Å². The van der Waals surface area contributed by atoms with Crippen LogP contribution in [0.1, 0.15) is 16.7 Å². The van der Waals surface area contributed by atoms with Crippen molar-refractivity contribution >= 4 is 0 Å². The van der Waals surface area contributed by atoms with E-state index in [0.29, 0.717) is 0 Å². The topological polar surface area (TPSA) is 43.7 Å². The van der Waals surface area contributed by atoms with Crippen molar-refractivity contribution in [1.82, 2.24) is 4.90 Å². The lowest BCUT2D eigenvalue weighted by Crippen LogP contribution is -2.19. The minimum atomic E-state index is -0.0244. The molecule has 0 atom stereocenters. The summed E-state index contributed by atoms with van der Waals surface area (Å²) in [5, 5.41) is 19.0. The van der Waals surface area contributed by atoms with E-state index in [2.05, 4.69) is 29.2 Å². The van der Waals surface area contributed by atoms with Crippen molar-refractivity contribution in [2.75, 3.05) is 6.54 Å². The van der Waals surface area contributed by atoms with Crippen LogP contribution in [0, 0.1) is 0 Å². The molecule has 0 saturated heterocycles. The minimum Gasteiger partial charge on any atom is -0.504 e. The van der Waals surface area contributed by atoms with Crippen LogP contribution < -0.4 is 0 Å². The second kappa shape index (κ2) is 4.94. The number of hydrogen-bond donors (Lipinski definition) is 2. The average molecular weight is 255 g/mol. The lowest BCUT2D eigenvalue weighted by Gasteiger charge is -2.14. The van der Waals surface area contributed by atoms with Gasteiger partial charge in [0.1, 0.15) is 0 Å². The van der Waals surface area contributed by atoms with Crippen LogP contribution >= 0.6 is 0 Å². The van der Waals surface area contributed by atoms with E-state index in [1.54, 1.807) is 12.1 Å². The van der Waals surface area contributed by atoms with Gasteiger partial charge in [-0.2, -0.15) is 0 Å². The first-order chi connectivity index (χ1) is 9.22. The number of phenols is 2. The maximum Gasteiger partial charge on any atom is 0.157 e. The fourth-order valence-electron chi connectivity index (χ4n) is 2.59. The zero-order valence-corrected chi connectivity index (χ0v) is 10.7. The molecule has 0 radical (unpaired) electrons. The molecule has 3 nitrogen and oxygen atoms in total. The molecule has 0 aliphatic carbocycles. The van der Waals surface area contributed by atoms with Crippen LogP contribution in [0.15, 0.2) is 42.5 Å². The predicted molar refractivity (Wildman–Crippen MR) is 74.0 cm³/mol. The Morgan fingerprint density at radius 2 is 1.47 bits per heavy atom. The SMILES string of the molecule is Oc1cc2c(cc1O)CN(CCc1ccccc1)C2. The average Bonchev–Trinajstić information content (AvgIpc) is 2.80. The van der Waals surface area contributed by atoms with Crippen LogP contribution in [0.3, 0.4) is 0 Å². The molecule has 3 heteroatoms. The molecule has 0 amide bonds. The van der Waals surface area contributed by atoms with E-state index in [1.165, 1.54) is 5.56 Å². The largest absolute Gasteiger partial charge is 0.504 e. The summed E-state index contributed by atoms with van der Waals surface area (Å²) in [7, 11) is 0. The number of nitrogens with zero attached hydrogens (tertiary/aromatic N) is 1. The van der Waals surface area contributed by atoms with Crippen molar-refractivity contribution in [1.29, 1.82) is 0 Å². The maximum atomic E-state index is 9.51. The highest BCUT2D eigenvalue weighted by atomic mass is 16.3. The number of phenolic OH excluding ortho intramolecular Hbond substituents is 2. The summed E-state index contributed by atoms with van der Waals surface area (Å²) < 4.78 is 0. The van der Waals surface area contributed by atoms with Crippen LogP contribution in [-0.4, -0.2) is 21.7 Å². The minimum absolute atomic E-state index is 0.0244. The molecule has 2 N–H and O–H groups in total. The summed E-state index contributed by atoms with van der Waals surface area (Å²) in [6.07, 6.45) is 1.02. The van der Waals surface area contributed by atoms with Gasteiger partial charge in [-0.3, -0.25) is 4.90 Å². The molecule has 0 saturated carbocycles. The normalized spacial score (nSPS) is 14.5. The fourth-order valence-corrected chi connectivity index (χ4v) is 2.59. The summed E-state index contributed by atoms with van der Waals surface area (Å²) in [6.45, 7) is 2.67. The molecule has 2 aromatic carbocycles. The van der Waals surface area contributed by atoms with Crippen molar-refractivity contribution in [2.24, 2.45) is 0 Å². The molecule has 1 heterocycles. The first kappa shape index (κ1) is 12.1. The van der Waals surface area contributed by atoms with Gasteiger partial charge in [-0.15, -0.1) is 0 Å². The van der Waals surface area contributed by atoms with E-state index in [0.717, 1.165) is 37.2 Å². The molecule has 0 aromatic heterocycles.